The molecule has 0 saturated heterocycles. The zero-order valence-electron chi connectivity index (χ0n) is 11.8. The van der Waals surface area contributed by atoms with Gasteiger partial charge in [0.25, 0.3) is 5.91 Å². The predicted molar refractivity (Wildman–Crippen MR) is 82.3 cm³/mol. The van der Waals surface area contributed by atoms with Gasteiger partial charge in [-0.25, -0.2) is 4.39 Å². The van der Waals surface area contributed by atoms with Gasteiger partial charge in [-0.15, -0.1) is 0 Å². The summed E-state index contributed by atoms with van der Waals surface area (Å²) in [5, 5.41) is 12.3. The molecule has 0 radical (unpaired) electrons. The number of benzene rings is 1. The predicted octanol–water partition coefficient (Wildman–Crippen LogP) is 2.46. The van der Waals surface area contributed by atoms with Gasteiger partial charge in [0.2, 0.25) is 0 Å². The minimum absolute atomic E-state index is 0.102. The number of aromatic nitrogens is 1. The molecule has 0 aliphatic carbocycles. The lowest BCUT2D eigenvalue weighted by Crippen LogP contribution is -2.32. The van der Waals surface area contributed by atoms with Gasteiger partial charge in [0.15, 0.2) is 0 Å². The summed E-state index contributed by atoms with van der Waals surface area (Å²) in [6.45, 7) is 0.118. The van der Waals surface area contributed by atoms with E-state index >= 15 is 0 Å². The lowest BCUT2D eigenvalue weighted by Gasteiger charge is -2.15. The Kier molecular flexibility index (Phi) is 5.86. The van der Waals surface area contributed by atoms with Crippen LogP contribution in [0.4, 0.5) is 4.39 Å². The molecule has 0 fully saturated rings. The maximum Gasteiger partial charge on any atom is 0.254 e. The fourth-order valence-electron chi connectivity index (χ4n) is 2.02. The molecule has 2 rings (SSSR count). The van der Waals surface area contributed by atoms with Crippen LogP contribution in [0.2, 0.25) is 5.02 Å². The van der Waals surface area contributed by atoms with E-state index < -0.39 is 11.7 Å². The largest absolute Gasteiger partial charge is 0.396 e. The van der Waals surface area contributed by atoms with Gasteiger partial charge in [-0.05, 0) is 36.8 Å². The van der Waals surface area contributed by atoms with Crippen molar-refractivity contribution in [2.45, 2.75) is 6.42 Å². The van der Waals surface area contributed by atoms with E-state index in [0.29, 0.717) is 11.4 Å². The Balaban J connectivity index is 1.95. The van der Waals surface area contributed by atoms with Crippen molar-refractivity contribution in [2.24, 2.45) is 5.92 Å². The molecule has 1 amide bonds. The molecule has 1 aromatic carbocycles. The van der Waals surface area contributed by atoms with Crippen LogP contribution in [0.5, 0.6) is 0 Å². The van der Waals surface area contributed by atoms with Crippen LogP contribution in [0.15, 0.2) is 42.6 Å². The molecule has 6 heteroatoms. The van der Waals surface area contributed by atoms with E-state index in [1.54, 1.807) is 12.3 Å². The van der Waals surface area contributed by atoms with Crippen molar-refractivity contribution in [1.82, 2.24) is 10.3 Å². The molecule has 2 aromatic rings. The van der Waals surface area contributed by atoms with Crippen LogP contribution < -0.4 is 5.32 Å². The summed E-state index contributed by atoms with van der Waals surface area (Å²) in [4.78, 5) is 16.2. The molecule has 0 aliphatic rings. The van der Waals surface area contributed by atoms with Gasteiger partial charge >= 0.3 is 0 Å². The number of hydrogen-bond donors (Lipinski definition) is 2. The third-order valence-corrected chi connectivity index (χ3v) is 3.44. The number of carbonyl (C=O) groups excluding carboxylic acids is 1. The third kappa shape index (κ3) is 4.51. The lowest BCUT2D eigenvalue weighted by molar-refractivity contribution is 0.0936. The maximum atomic E-state index is 13.6. The number of rotatable bonds is 6. The molecule has 0 spiro atoms. The highest BCUT2D eigenvalue weighted by Crippen LogP contribution is 2.15. The molecule has 0 saturated carbocycles. The number of pyridine rings is 1. The molecule has 116 valence electrons. The Labute approximate surface area is 133 Å². The monoisotopic (exact) mass is 322 g/mol. The van der Waals surface area contributed by atoms with Crippen LogP contribution in [-0.4, -0.2) is 29.1 Å². The summed E-state index contributed by atoms with van der Waals surface area (Å²) in [6.07, 6.45) is 2.19. The number of amides is 1. The van der Waals surface area contributed by atoms with Crippen LogP contribution in [0.1, 0.15) is 16.1 Å². The normalized spacial score (nSPS) is 12.0. The quantitative estimate of drug-likeness (QED) is 0.858. The molecule has 0 aliphatic heterocycles. The molecular weight excluding hydrogens is 307 g/mol. The number of nitrogens with zero attached hydrogens (tertiary/aromatic N) is 1. The van der Waals surface area contributed by atoms with Crippen LogP contribution in [0.25, 0.3) is 0 Å². The average molecular weight is 323 g/mol. The number of carbonyl (C=O) groups is 1. The van der Waals surface area contributed by atoms with Crippen LogP contribution >= 0.6 is 11.6 Å². The number of aliphatic hydroxyl groups is 1. The summed E-state index contributed by atoms with van der Waals surface area (Å²) in [6, 6.07) is 9.32. The highest BCUT2D eigenvalue weighted by atomic mass is 35.5. The smallest absolute Gasteiger partial charge is 0.254 e. The van der Waals surface area contributed by atoms with E-state index in [-0.39, 0.29) is 24.6 Å². The van der Waals surface area contributed by atoms with Gasteiger partial charge in [0.05, 0.1) is 5.56 Å². The Morgan fingerprint density at radius 1 is 1.36 bits per heavy atom. The van der Waals surface area contributed by atoms with Crippen molar-refractivity contribution in [1.29, 1.82) is 0 Å². The second-order valence-electron chi connectivity index (χ2n) is 4.91. The summed E-state index contributed by atoms with van der Waals surface area (Å²) < 4.78 is 13.6. The third-order valence-electron chi connectivity index (χ3n) is 3.21. The van der Waals surface area contributed by atoms with Gasteiger partial charge in [-0.1, -0.05) is 17.7 Å². The zero-order valence-corrected chi connectivity index (χ0v) is 12.6. The minimum atomic E-state index is -0.632. The van der Waals surface area contributed by atoms with E-state index in [4.69, 9.17) is 11.6 Å². The van der Waals surface area contributed by atoms with Crippen LogP contribution in [0, 0.1) is 11.7 Å². The maximum absolute atomic E-state index is 13.6. The molecule has 1 unspecified atom stereocenters. The van der Waals surface area contributed by atoms with Crippen molar-refractivity contribution < 1.29 is 14.3 Å². The highest BCUT2D eigenvalue weighted by Gasteiger charge is 2.15. The number of hydrogen-bond acceptors (Lipinski definition) is 3. The Hall–Kier alpha value is -1.98. The van der Waals surface area contributed by atoms with Crippen molar-refractivity contribution in [2.75, 3.05) is 13.2 Å². The summed E-state index contributed by atoms with van der Waals surface area (Å²) >= 11 is 5.76. The topological polar surface area (TPSA) is 62.2 Å². The molecule has 2 N–H and O–H groups in total. The van der Waals surface area contributed by atoms with E-state index in [9.17, 15) is 14.3 Å². The first kappa shape index (κ1) is 16.4. The number of halogens is 2. The summed E-state index contributed by atoms with van der Waals surface area (Å²) in [5.41, 5.74) is 0.715. The second kappa shape index (κ2) is 7.87. The van der Waals surface area contributed by atoms with E-state index in [2.05, 4.69) is 10.3 Å². The van der Waals surface area contributed by atoms with E-state index in [1.165, 1.54) is 12.1 Å². The molecule has 1 aromatic heterocycles. The lowest BCUT2D eigenvalue weighted by atomic mass is 10.0. The Morgan fingerprint density at radius 3 is 2.86 bits per heavy atom. The first-order valence-corrected chi connectivity index (χ1v) is 7.22. The fraction of sp³-hybridized carbons (Fsp3) is 0.250. The SMILES string of the molecule is O=C(NCC(CO)Cc1ccccn1)c1cc(Cl)ccc1F. The number of aliphatic hydroxyl groups excluding tert-OH is 1. The van der Waals surface area contributed by atoms with Crippen molar-refractivity contribution >= 4 is 17.5 Å². The van der Waals surface area contributed by atoms with E-state index in [0.717, 1.165) is 11.8 Å². The second-order valence-corrected chi connectivity index (χ2v) is 5.34. The van der Waals surface area contributed by atoms with Gasteiger partial charge in [0, 0.05) is 36.0 Å². The molecule has 1 heterocycles. The fourth-order valence-corrected chi connectivity index (χ4v) is 2.19. The van der Waals surface area contributed by atoms with Gasteiger partial charge in [-0.2, -0.15) is 0 Å². The zero-order chi connectivity index (χ0) is 15.9. The van der Waals surface area contributed by atoms with E-state index in [1.807, 2.05) is 12.1 Å². The summed E-state index contributed by atoms with van der Waals surface area (Å²) in [7, 11) is 0. The van der Waals surface area contributed by atoms with Crippen molar-refractivity contribution in [3.8, 4) is 0 Å². The molecule has 0 bridgehead atoms. The van der Waals surface area contributed by atoms with Gasteiger partial charge in [-0.3, -0.25) is 9.78 Å². The van der Waals surface area contributed by atoms with Gasteiger partial charge < -0.3 is 10.4 Å². The highest BCUT2D eigenvalue weighted by molar-refractivity contribution is 6.30. The molecular formula is C16H16ClFN2O2. The summed E-state index contributed by atoms with van der Waals surface area (Å²) in [5.74, 6) is -1.38. The number of nitrogens with one attached hydrogen (secondary N) is 1. The van der Waals surface area contributed by atoms with Gasteiger partial charge in [0.1, 0.15) is 5.82 Å². The van der Waals surface area contributed by atoms with Crippen LogP contribution in [-0.2, 0) is 6.42 Å². The Morgan fingerprint density at radius 2 is 2.18 bits per heavy atom. The molecule has 22 heavy (non-hydrogen) atoms. The minimum Gasteiger partial charge on any atom is -0.396 e. The van der Waals surface area contributed by atoms with Crippen molar-refractivity contribution in [3.05, 3.63) is 64.7 Å². The molecule has 1 atom stereocenters. The average Bonchev–Trinajstić information content (AvgIpc) is 2.54. The first-order valence-electron chi connectivity index (χ1n) is 6.84. The Bertz CT molecular complexity index is 637. The van der Waals surface area contributed by atoms with Crippen molar-refractivity contribution in [3.63, 3.8) is 0 Å². The standard InChI is InChI=1S/C16H16ClFN2O2/c17-12-4-5-15(18)14(8-12)16(22)20-9-11(10-21)7-13-3-1-2-6-19-13/h1-6,8,11,21H,7,9-10H2,(H,20,22). The molecule has 4 nitrogen and oxygen atoms in total. The first-order chi connectivity index (χ1) is 10.6. The van der Waals surface area contributed by atoms with Crippen LogP contribution in [0.3, 0.4) is 0 Å².